The highest BCUT2D eigenvalue weighted by Gasteiger charge is 2.23. The first kappa shape index (κ1) is 17.0. The topological polar surface area (TPSA) is 9.23 Å². The van der Waals surface area contributed by atoms with E-state index in [9.17, 15) is 4.39 Å². The lowest BCUT2D eigenvalue weighted by Gasteiger charge is -2.21. The van der Waals surface area contributed by atoms with Gasteiger partial charge in [-0.05, 0) is 49.2 Å². The highest BCUT2D eigenvalue weighted by Crippen LogP contribution is 2.44. The maximum Gasteiger partial charge on any atom is 0.127 e. The Morgan fingerprint density at radius 1 is 1.14 bits per heavy atom. The summed E-state index contributed by atoms with van der Waals surface area (Å²) in [4.78, 5) is -0.291. The van der Waals surface area contributed by atoms with Crippen molar-refractivity contribution in [3.8, 4) is 5.75 Å². The molecule has 21 heavy (non-hydrogen) atoms. The van der Waals surface area contributed by atoms with Crippen LogP contribution < -0.4 is 4.74 Å². The summed E-state index contributed by atoms with van der Waals surface area (Å²) in [6, 6.07) is 6.94. The number of benzene rings is 2. The maximum atomic E-state index is 14.2. The van der Waals surface area contributed by atoms with Gasteiger partial charge in [-0.25, -0.2) is 4.39 Å². The highest BCUT2D eigenvalue weighted by molar-refractivity contribution is 9.11. The van der Waals surface area contributed by atoms with Crippen molar-refractivity contribution in [2.24, 2.45) is 0 Å². The molecule has 112 valence electrons. The molecular weight excluding hydrogens is 467 g/mol. The second kappa shape index (κ2) is 6.80. The monoisotopic (exact) mass is 478 g/mol. The second-order valence-electron chi connectivity index (χ2n) is 4.78. The van der Waals surface area contributed by atoms with Gasteiger partial charge in [-0.2, -0.15) is 0 Å². The Kier molecular flexibility index (Phi) is 5.49. The highest BCUT2D eigenvalue weighted by atomic mass is 79.9. The molecule has 0 saturated heterocycles. The van der Waals surface area contributed by atoms with Gasteiger partial charge in [0.15, 0.2) is 0 Å². The van der Waals surface area contributed by atoms with Crippen molar-refractivity contribution in [3.05, 3.63) is 61.3 Å². The van der Waals surface area contributed by atoms with Crippen LogP contribution in [0, 0.1) is 19.7 Å². The third-order valence-electron chi connectivity index (χ3n) is 3.40. The third kappa shape index (κ3) is 3.35. The van der Waals surface area contributed by atoms with Gasteiger partial charge in [0.2, 0.25) is 0 Å². The molecule has 0 aliphatic rings. The van der Waals surface area contributed by atoms with Gasteiger partial charge in [0.25, 0.3) is 0 Å². The Hall–Kier alpha value is -0.390. The van der Waals surface area contributed by atoms with Gasteiger partial charge in [-0.1, -0.05) is 47.8 Å². The zero-order chi connectivity index (χ0) is 15.7. The summed E-state index contributed by atoms with van der Waals surface area (Å²) in [5.74, 6) is 0.524. The third-order valence-corrected chi connectivity index (χ3v) is 5.66. The summed E-state index contributed by atoms with van der Waals surface area (Å²) >= 11 is 10.6. The van der Waals surface area contributed by atoms with Crippen LogP contribution in [-0.4, -0.2) is 7.11 Å². The fourth-order valence-corrected chi connectivity index (χ4v) is 4.15. The first-order valence-corrected chi connectivity index (χ1v) is 8.79. The molecule has 0 aliphatic carbocycles. The van der Waals surface area contributed by atoms with Gasteiger partial charge >= 0.3 is 0 Å². The van der Waals surface area contributed by atoms with Crippen LogP contribution in [0.25, 0.3) is 0 Å². The lowest BCUT2D eigenvalue weighted by molar-refractivity contribution is 0.406. The predicted molar refractivity (Wildman–Crippen MR) is 95.0 cm³/mol. The van der Waals surface area contributed by atoms with Crippen molar-refractivity contribution in [2.45, 2.75) is 18.7 Å². The van der Waals surface area contributed by atoms with Crippen LogP contribution in [0.3, 0.4) is 0 Å². The number of aryl methyl sites for hydroxylation is 1. The van der Waals surface area contributed by atoms with Crippen molar-refractivity contribution < 1.29 is 9.13 Å². The summed E-state index contributed by atoms with van der Waals surface area (Å²) in [7, 11) is 1.64. The van der Waals surface area contributed by atoms with Gasteiger partial charge < -0.3 is 4.74 Å². The number of alkyl halides is 1. The van der Waals surface area contributed by atoms with Gasteiger partial charge in [0, 0.05) is 20.1 Å². The van der Waals surface area contributed by atoms with Crippen LogP contribution in [0.15, 0.2) is 33.2 Å². The molecule has 2 aromatic rings. The molecule has 0 spiro atoms. The molecule has 5 heteroatoms. The molecule has 2 aromatic carbocycles. The van der Waals surface area contributed by atoms with Crippen LogP contribution in [0.5, 0.6) is 5.75 Å². The van der Waals surface area contributed by atoms with E-state index < -0.39 is 0 Å². The number of rotatable bonds is 3. The minimum atomic E-state index is -0.291. The Morgan fingerprint density at radius 3 is 2.43 bits per heavy atom. The van der Waals surface area contributed by atoms with E-state index in [4.69, 9.17) is 4.74 Å². The van der Waals surface area contributed by atoms with E-state index in [0.29, 0.717) is 5.56 Å². The van der Waals surface area contributed by atoms with Gasteiger partial charge in [-0.15, -0.1) is 0 Å². The number of methoxy groups -OCH3 is 1. The average Bonchev–Trinajstić information content (AvgIpc) is 2.44. The molecule has 0 saturated carbocycles. The van der Waals surface area contributed by atoms with Crippen molar-refractivity contribution in [3.63, 3.8) is 0 Å². The van der Waals surface area contributed by atoms with Crippen LogP contribution in [0.1, 0.15) is 27.1 Å². The average molecular weight is 481 g/mol. The lowest BCUT2D eigenvalue weighted by atomic mass is 9.96. The van der Waals surface area contributed by atoms with E-state index in [0.717, 1.165) is 31.4 Å². The smallest absolute Gasteiger partial charge is 0.127 e. The van der Waals surface area contributed by atoms with Crippen LogP contribution in [0.4, 0.5) is 4.39 Å². The maximum absolute atomic E-state index is 14.2. The molecule has 1 nitrogen and oxygen atoms in total. The quantitative estimate of drug-likeness (QED) is 0.458. The van der Waals surface area contributed by atoms with E-state index in [1.165, 1.54) is 6.07 Å². The number of hydrogen-bond donors (Lipinski definition) is 0. The Labute approximate surface area is 149 Å². The Bertz CT molecular complexity index is 686. The molecular formula is C16H14Br3FO. The summed E-state index contributed by atoms with van der Waals surface area (Å²) in [6.45, 7) is 3.97. The number of halogens is 4. The molecule has 0 heterocycles. The van der Waals surface area contributed by atoms with Crippen molar-refractivity contribution in [1.82, 2.24) is 0 Å². The SMILES string of the molecule is COc1c(C)cc(Br)c(C)c1C(Br)c1cc(Br)ccc1F. The number of hydrogen-bond acceptors (Lipinski definition) is 1. The van der Waals surface area contributed by atoms with E-state index in [-0.39, 0.29) is 10.6 Å². The van der Waals surface area contributed by atoms with E-state index >= 15 is 0 Å². The van der Waals surface area contributed by atoms with Gasteiger partial charge in [-0.3, -0.25) is 0 Å². The zero-order valence-electron chi connectivity index (χ0n) is 11.8. The Morgan fingerprint density at radius 2 is 1.81 bits per heavy atom. The molecule has 0 N–H and O–H groups in total. The molecule has 0 radical (unpaired) electrons. The molecule has 0 aromatic heterocycles. The van der Waals surface area contributed by atoms with E-state index in [1.54, 1.807) is 19.2 Å². The summed E-state index contributed by atoms with van der Waals surface area (Å²) < 4.78 is 21.5. The van der Waals surface area contributed by atoms with Gasteiger partial charge in [0.05, 0.1) is 11.9 Å². The first-order chi connectivity index (χ1) is 9.86. The summed E-state index contributed by atoms with van der Waals surface area (Å²) in [6.07, 6.45) is 0. The van der Waals surface area contributed by atoms with Crippen molar-refractivity contribution in [1.29, 1.82) is 0 Å². The lowest BCUT2D eigenvalue weighted by Crippen LogP contribution is -2.04. The molecule has 1 atom stereocenters. The molecule has 0 bridgehead atoms. The molecule has 1 unspecified atom stereocenters. The minimum absolute atomic E-state index is 0.251. The van der Waals surface area contributed by atoms with Gasteiger partial charge in [0.1, 0.15) is 11.6 Å². The Balaban J connectivity index is 2.68. The largest absolute Gasteiger partial charge is 0.496 e. The summed E-state index contributed by atoms with van der Waals surface area (Å²) in [5.41, 5.74) is 3.54. The van der Waals surface area contributed by atoms with Crippen LogP contribution in [0.2, 0.25) is 0 Å². The van der Waals surface area contributed by atoms with Crippen molar-refractivity contribution >= 4 is 47.8 Å². The van der Waals surface area contributed by atoms with Crippen LogP contribution in [-0.2, 0) is 0 Å². The van der Waals surface area contributed by atoms with Crippen LogP contribution >= 0.6 is 47.8 Å². The fourth-order valence-electron chi connectivity index (χ4n) is 2.32. The zero-order valence-corrected chi connectivity index (χ0v) is 16.6. The fraction of sp³-hybridized carbons (Fsp3) is 0.250. The second-order valence-corrected chi connectivity index (χ2v) is 7.46. The standard InChI is InChI=1S/C16H14Br3FO/c1-8-6-12(18)9(2)14(16(8)21-3)15(19)11-7-10(17)4-5-13(11)20/h4-7,15H,1-3H3. The minimum Gasteiger partial charge on any atom is -0.496 e. The first-order valence-electron chi connectivity index (χ1n) is 6.29. The molecule has 0 amide bonds. The molecule has 0 aliphatic heterocycles. The normalized spacial score (nSPS) is 12.3. The predicted octanol–water partition coefficient (Wildman–Crippen LogP) is 6.46. The van der Waals surface area contributed by atoms with E-state index in [1.807, 2.05) is 19.9 Å². The number of ether oxygens (including phenoxy) is 1. The van der Waals surface area contributed by atoms with E-state index in [2.05, 4.69) is 47.8 Å². The van der Waals surface area contributed by atoms with Crippen molar-refractivity contribution in [2.75, 3.05) is 7.11 Å². The molecule has 0 fully saturated rings. The molecule has 2 rings (SSSR count). The summed E-state index contributed by atoms with van der Waals surface area (Å²) in [5, 5.41) is 0.